The number of benzene rings is 2. The van der Waals surface area contributed by atoms with E-state index in [4.69, 9.17) is 14.4 Å². The average Bonchev–Trinajstić information content (AvgIpc) is 3.26. The fourth-order valence-corrected chi connectivity index (χ4v) is 3.55. The zero-order valence-electron chi connectivity index (χ0n) is 16.9. The van der Waals surface area contributed by atoms with Crippen LogP contribution in [-0.2, 0) is 6.61 Å². The molecule has 1 aliphatic rings. The predicted octanol–water partition coefficient (Wildman–Crippen LogP) is 4.00. The zero-order valence-corrected chi connectivity index (χ0v) is 16.9. The monoisotopic (exact) mass is 401 g/mol. The first-order chi connectivity index (χ1) is 14.6. The molecule has 0 unspecified atom stereocenters. The van der Waals surface area contributed by atoms with Crippen molar-refractivity contribution in [3.63, 3.8) is 0 Å². The second-order valence-electron chi connectivity index (χ2n) is 7.28. The van der Waals surface area contributed by atoms with Gasteiger partial charge in [0.1, 0.15) is 24.2 Å². The maximum Gasteiger partial charge on any atom is 0.289 e. The molecule has 0 aliphatic carbocycles. The van der Waals surface area contributed by atoms with E-state index < -0.39 is 0 Å². The minimum absolute atomic E-state index is 0.109. The summed E-state index contributed by atoms with van der Waals surface area (Å²) in [6.45, 7) is 5.12. The number of carbonyl (C=O) groups is 1. The highest BCUT2D eigenvalue weighted by Gasteiger charge is 2.24. The molecule has 1 fully saturated rings. The molecule has 0 radical (unpaired) electrons. The van der Waals surface area contributed by atoms with Crippen LogP contribution in [0, 0.1) is 18.3 Å². The van der Waals surface area contributed by atoms with Crippen LogP contribution in [0.3, 0.4) is 0 Å². The summed E-state index contributed by atoms with van der Waals surface area (Å²) >= 11 is 0. The molecule has 0 N–H and O–H groups in total. The number of anilines is 1. The molecule has 6 nitrogen and oxygen atoms in total. The van der Waals surface area contributed by atoms with Crippen LogP contribution in [0.25, 0.3) is 0 Å². The molecule has 30 heavy (non-hydrogen) atoms. The standard InChI is InChI=1S/C24H23N3O3/c1-18-5-4-7-20(15-18)26-11-13-27(14-12-26)24(28)23-10-9-21(30-23)17-29-22-8-3-2-6-19(22)16-25/h2-10,15H,11-14,17H2,1H3. The van der Waals surface area contributed by atoms with Crippen molar-refractivity contribution in [3.8, 4) is 11.8 Å². The van der Waals surface area contributed by atoms with E-state index >= 15 is 0 Å². The van der Waals surface area contributed by atoms with E-state index in [1.165, 1.54) is 11.3 Å². The molecule has 0 atom stereocenters. The van der Waals surface area contributed by atoms with Crippen molar-refractivity contribution in [2.45, 2.75) is 13.5 Å². The molecule has 1 aliphatic heterocycles. The molecule has 1 aromatic heterocycles. The van der Waals surface area contributed by atoms with Crippen molar-refractivity contribution >= 4 is 11.6 Å². The van der Waals surface area contributed by atoms with E-state index in [1.807, 2.05) is 11.0 Å². The molecule has 1 saturated heterocycles. The number of aryl methyl sites for hydroxylation is 1. The maximum absolute atomic E-state index is 12.8. The first kappa shape index (κ1) is 19.6. The summed E-state index contributed by atoms with van der Waals surface area (Å²) < 4.78 is 11.4. The van der Waals surface area contributed by atoms with E-state index in [0.717, 1.165) is 13.1 Å². The molecule has 2 heterocycles. The van der Waals surface area contributed by atoms with Crippen LogP contribution >= 0.6 is 0 Å². The second kappa shape index (κ2) is 8.75. The first-order valence-corrected chi connectivity index (χ1v) is 9.95. The Morgan fingerprint density at radius 2 is 1.87 bits per heavy atom. The number of carbonyl (C=O) groups excluding carboxylic acids is 1. The van der Waals surface area contributed by atoms with Crippen molar-refractivity contribution in [2.24, 2.45) is 0 Å². The molecule has 0 saturated carbocycles. The van der Waals surface area contributed by atoms with Gasteiger partial charge in [-0.25, -0.2) is 0 Å². The van der Waals surface area contributed by atoms with E-state index in [-0.39, 0.29) is 12.5 Å². The first-order valence-electron chi connectivity index (χ1n) is 9.95. The number of piperazine rings is 1. The average molecular weight is 401 g/mol. The number of furan rings is 1. The van der Waals surface area contributed by atoms with Crippen molar-refractivity contribution < 1.29 is 13.9 Å². The van der Waals surface area contributed by atoms with Gasteiger partial charge in [0.25, 0.3) is 5.91 Å². The van der Waals surface area contributed by atoms with Crippen molar-refractivity contribution in [1.82, 2.24) is 4.90 Å². The Labute approximate surface area is 175 Å². The van der Waals surface area contributed by atoms with E-state index in [9.17, 15) is 4.79 Å². The van der Waals surface area contributed by atoms with Gasteiger partial charge in [-0.05, 0) is 48.9 Å². The Bertz CT molecular complexity index is 1080. The predicted molar refractivity (Wildman–Crippen MR) is 113 cm³/mol. The van der Waals surface area contributed by atoms with Gasteiger partial charge in [-0.1, -0.05) is 24.3 Å². The topological polar surface area (TPSA) is 69.7 Å². The molecular weight excluding hydrogens is 378 g/mol. The van der Waals surface area contributed by atoms with E-state index in [2.05, 4.69) is 42.2 Å². The highest BCUT2D eigenvalue weighted by atomic mass is 16.5. The fraction of sp³-hybridized carbons (Fsp3) is 0.250. The molecule has 0 spiro atoms. The number of nitrogens with zero attached hydrogens (tertiary/aromatic N) is 3. The number of hydrogen-bond acceptors (Lipinski definition) is 5. The third-order valence-corrected chi connectivity index (χ3v) is 5.18. The number of ether oxygens (including phenoxy) is 1. The molecule has 3 aromatic rings. The molecule has 1 amide bonds. The summed E-state index contributed by atoms with van der Waals surface area (Å²) in [5, 5.41) is 9.13. The molecule has 6 heteroatoms. The number of amides is 1. The molecule has 4 rings (SSSR count). The van der Waals surface area contributed by atoms with Gasteiger partial charge in [0.15, 0.2) is 5.76 Å². The largest absolute Gasteiger partial charge is 0.484 e. The van der Waals surface area contributed by atoms with Crippen LogP contribution in [0.15, 0.2) is 65.1 Å². The number of para-hydroxylation sites is 1. The van der Waals surface area contributed by atoms with Crippen LogP contribution in [0.5, 0.6) is 5.75 Å². The Morgan fingerprint density at radius 1 is 1.07 bits per heavy atom. The number of hydrogen-bond donors (Lipinski definition) is 0. The van der Waals surface area contributed by atoms with Gasteiger partial charge in [-0.3, -0.25) is 4.79 Å². The van der Waals surface area contributed by atoms with Crippen LogP contribution in [0.4, 0.5) is 5.69 Å². The van der Waals surface area contributed by atoms with Gasteiger partial charge in [-0.2, -0.15) is 5.26 Å². The lowest BCUT2D eigenvalue weighted by Crippen LogP contribution is -2.48. The van der Waals surface area contributed by atoms with Crippen LogP contribution in [-0.4, -0.2) is 37.0 Å². The molecule has 2 aromatic carbocycles. The van der Waals surface area contributed by atoms with Crippen molar-refractivity contribution in [2.75, 3.05) is 31.1 Å². The van der Waals surface area contributed by atoms with Gasteiger partial charge in [-0.15, -0.1) is 0 Å². The molecule has 152 valence electrons. The maximum atomic E-state index is 12.8. The minimum atomic E-state index is -0.109. The third kappa shape index (κ3) is 4.31. The lowest BCUT2D eigenvalue weighted by Gasteiger charge is -2.35. The van der Waals surface area contributed by atoms with Crippen LogP contribution < -0.4 is 9.64 Å². The Morgan fingerprint density at radius 3 is 2.63 bits per heavy atom. The SMILES string of the molecule is Cc1cccc(N2CCN(C(=O)c3ccc(COc4ccccc4C#N)o3)CC2)c1. The fourth-order valence-electron chi connectivity index (χ4n) is 3.55. The summed E-state index contributed by atoms with van der Waals surface area (Å²) in [5.41, 5.74) is 2.89. The lowest BCUT2D eigenvalue weighted by molar-refractivity contribution is 0.0710. The van der Waals surface area contributed by atoms with Crippen LogP contribution in [0.1, 0.15) is 27.4 Å². The summed E-state index contributed by atoms with van der Waals surface area (Å²) in [7, 11) is 0. The normalized spacial score (nSPS) is 13.7. The number of rotatable bonds is 5. The number of nitriles is 1. The Balaban J connectivity index is 1.34. The van der Waals surface area contributed by atoms with Gasteiger partial charge in [0.05, 0.1) is 5.56 Å². The van der Waals surface area contributed by atoms with Gasteiger partial charge >= 0.3 is 0 Å². The summed E-state index contributed by atoms with van der Waals surface area (Å²) in [5.74, 6) is 1.25. The highest BCUT2D eigenvalue weighted by molar-refractivity contribution is 5.91. The summed E-state index contributed by atoms with van der Waals surface area (Å²) in [6.07, 6.45) is 0. The summed E-state index contributed by atoms with van der Waals surface area (Å²) in [6, 6.07) is 21.0. The van der Waals surface area contributed by atoms with Crippen molar-refractivity contribution in [1.29, 1.82) is 5.26 Å². The smallest absolute Gasteiger partial charge is 0.289 e. The lowest BCUT2D eigenvalue weighted by atomic mass is 10.2. The van der Waals surface area contributed by atoms with E-state index in [0.29, 0.717) is 35.9 Å². The Kier molecular flexibility index (Phi) is 5.71. The third-order valence-electron chi connectivity index (χ3n) is 5.18. The highest BCUT2D eigenvalue weighted by Crippen LogP contribution is 2.21. The Hall–Kier alpha value is -3.72. The van der Waals surface area contributed by atoms with E-state index in [1.54, 1.807) is 30.3 Å². The minimum Gasteiger partial charge on any atom is -0.484 e. The molecular formula is C24H23N3O3. The zero-order chi connectivity index (χ0) is 20.9. The van der Waals surface area contributed by atoms with Gasteiger partial charge in [0.2, 0.25) is 0 Å². The van der Waals surface area contributed by atoms with Gasteiger partial charge in [0, 0.05) is 31.9 Å². The van der Waals surface area contributed by atoms with Gasteiger partial charge < -0.3 is 19.0 Å². The summed E-state index contributed by atoms with van der Waals surface area (Å²) in [4.78, 5) is 16.9. The quantitative estimate of drug-likeness (QED) is 0.646. The van der Waals surface area contributed by atoms with Crippen LogP contribution in [0.2, 0.25) is 0 Å². The molecule has 0 bridgehead atoms. The second-order valence-corrected chi connectivity index (χ2v) is 7.28. The van der Waals surface area contributed by atoms with Crippen molar-refractivity contribution in [3.05, 3.63) is 83.3 Å².